The molecule has 112 valence electrons. The van der Waals surface area contributed by atoms with Crippen molar-refractivity contribution in [3.8, 4) is 0 Å². The molecule has 0 N–H and O–H groups in total. The molecule has 0 spiro atoms. The van der Waals surface area contributed by atoms with E-state index in [0.717, 1.165) is 16.6 Å². The molecule has 0 unspecified atom stereocenters. The fourth-order valence-electron chi connectivity index (χ4n) is 2.68. The Balaban J connectivity index is 2.15. The van der Waals surface area contributed by atoms with Crippen LogP contribution in [0.25, 0.3) is 10.9 Å². The minimum Gasteiger partial charge on any atom is -0.464 e. The molecular weight excluding hydrogens is 281 g/mol. The number of fused-ring (bicyclic) bond motifs is 1. The first-order chi connectivity index (χ1) is 10.6. The number of carbonyl (C=O) groups excluding carboxylic acids is 1. The molecule has 0 amide bonds. The SMILES string of the molecule is COC(=O)c1cc2cc(F)ccc2n1Cc1cccc(C)c1. The van der Waals surface area contributed by atoms with E-state index < -0.39 is 5.97 Å². The molecule has 22 heavy (non-hydrogen) atoms. The molecule has 2 aromatic carbocycles. The van der Waals surface area contributed by atoms with Gasteiger partial charge in [-0.15, -0.1) is 0 Å². The molecule has 1 aromatic heterocycles. The van der Waals surface area contributed by atoms with Crippen LogP contribution in [-0.4, -0.2) is 17.6 Å². The highest BCUT2D eigenvalue weighted by Crippen LogP contribution is 2.23. The highest BCUT2D eigenvalue weighted by molar-refractivity contribution is 5.95. The Morgan fingerprint density at radius 3 is 2.73 bits per heavy atom. The van der Waals surface area contributed by atoms with Gasteiger partial charge in [-0.25, -0.2) is 9.18 Å². The fourth-order valence-corrected chi connectivity index (χ4v) is 2.68. The third-order valence-corrected chi connectivity index (χ3v) is 3.68. The van der Waals surface area contributed by atoms with E-state index in [0.29, 0.717) is 17.6 Å². The molecule has 0 aliphatic heterocycles. The van der Waals surface area contributed by atoms with Gasteiger partial charge in [0, 0.05) is 17.4 Å². The Morgan fingerprint density at radius 1 is 1.18 bits per heavy atom. The minimum atomic E-state index is -0.427. The average molecular weight is 297 g/mol. The molecule has 0 aliphatic rings. The number of halogens is 1. The van der Waals surface area contributed by atoms with Crippen molar-refractivity contribution in [2.45, 2.75) is 13.5 Å². The first kappa shape index (κ1) is 14.3. The van der Waals surface area contributed by atoms with Gasteiger partial charge in [0.1, 0.15) is 11.5 Å². The summed E-state index contributed by atoms with van der Waals surface area (Å²) in [5.41, 5.74) is 3.46. The third kappa shape index (κ3) is 2.60. The van der Waals surface area contributed by atoms with Crippen LogP contribution in [0.3, 0.4) is 0 Å². The van der Waals surface area contributed by atoms with Gasteiger partial charge in [-0.05, 0) is 36.8 Å². The monoisotopic (exact) mass is 297 g/mol. The highest BCUT2D eigenvalue weighted by atomic mass is 19.1. The Hall–Kier alpha value is -2.62. The maximum Gasteiger partial charge on any atom is 0.354 e. The van der Waals surface area contributed by atoms with E-state index in [1.54, 1.807) is 12.1 Å². The second kappa shape index (κ2) is 5.64. The van der Waals surface area contributed by atoms with Crippen molar-refractivity contribution in [3.63, 3.8) is 0 Å². The number of benzene rings is 2. The lowest BCUT2D eigenvalue weighted by Gasteiger charge is -2.10. The van der Waals surface area contributed by atoms with Crippen molar-refractivity contribution in [1.82, 2.24) is 4.57 Å². The molecule has 3 nitrogen and oxygen atoms in total. The van der Waals surface area contributed by atoms with Crippen LogP contribution in [0.15, 0.2) is 48.5 Å². The lowest BCUT2D eigenvalue weighted by atomic mass is 10.1. The Bertz CT molecular complexity index is 851. The zero-order chi connectivity index (χ0) is 15.7. The third-order valence-electron chi connectivity index (χ3n) is 3.68. The number of aryl methyl sites for hydroxylation is 1. The Kier molecular flexibility index (Phi) is 3.67. The normalized spacial score (nSPS) is 10.9. The van der Waals surface area contributed by atoms with Crippen molar-refractivity contribution >= 4 is 16.9 Å². The number of esters is 1. The summed E-state index contributed by atoms with van der Waals surface area (Å²) in [5.74, 6) is -0.749. The van der Waals surface area contributed by atoms with Crippen LogP contribution in [0, 0.1) is 12.7 Å². The summed E-state index contributed by atoms with van der Waals surface area (Å²) in [6.07, 6.45) is 0. The molecule has 4 heteroatoms. The standard InChI is InChI=1S/C18H16FNO2/c1-12-4-3-5-13(8-12)11-20-16-7-6-15(19)9-14(16)10-17(20)18(21)22-2/h3-10H,11H2,1-2H3. The number of rotatable bonds is 3. The van der Waals surface area contributed by atoms with E-state index in [2.05, 4.69) is 6.07 Å². The Labute approximate surface area is 127 Å². The smallest absolute Gasteiger partial charge is 0.354 e. The largest absolute Gasteiger partial charge is 0.464 e. The molecule has 0 saturated carbocycles. The van der Waals surface area contributed by atoms with Crippen LogP contribution in [0.2, 0.25) is 0 Å². The maximum atomic E-state index is 13.4. The molecule has 0 saturated heterocycles. The van der Waals surface area contributed by atoms with Crippen LogP contribution in [0.4, 0.5) is 4.39 Å². The van der Waals surface area contributed by atoms with Crippen molar-refractivity contribution in [3.05, 3.63) is 71.2 Å². The van der Waals surface area contributed by atoms with E-state index in [4.69, 9.17) is 4.74 Å². The molecule has 0 atom stereocenters. The quantitative estimate of drug-likeness (QED) is 0.686. The summed E-state index contributed by atoms with van der Waals surface area (Å²) in [6, 6.07) is 14.2. The number of aromatic nitrogens is 1. The van der Waals surface area contributed by atoms with Gasteiger partial charge in [-0.2, -0.15) is 0 Å². The van der Waals surface area contributed by atoms with Gasteiger partial charge >= 0.3 is 5.97 Å². The second-order valence-corrected chi connectivity index (χ2v) is 5.30. The van der Waals surface area contributed by atoms with Crippen molar-refractivity contribution in [2.24, 2.45) is 0 Å². The van der Waals surface area contributed by atoms with Crippen molar-refractivity contribution < 1.29 is 13.9 Å². The summed E-state index contributed by atoms with van der Waals surface area (Å²) >= 11 is 0. The van der Waals surface area contributed by atoms with Crippen LogP contribution in [0.5, 0.6) is 0 Å². The van der Waals surface area contributed by atoms with Gasteiger partial charge in [0.25, 0.3) is 0 Å². The van der Waals surface area contributed by atoms with Gasteiger partial charge in [0.2, 0.25) is 0 Å². The molecular formula is C18H16FNO2. The minimum absolute atomic E-state index is 0.323. The summed E-state index contributed by atoms with van der Waals surface area (Å²) in [6.45, 7) is 2.55. The van der Waals surface area contributed by atoms with E-state index in [1.165, 1.54) is 19.2 Å². The van der Waals surface area contributed by atoms with Gasteiger partial charge in [0.15, 0.2) is 0 Å². The van der Waals surface area contributed by atoms with Crippen LogP contribution < -0.4 is 0 Å². The summed E-state index contributed by atoms with van der Waals surface area (Å²) in [7, 11) is 1.34. The summed E-state index contributed by atoms with van der Waals surface area (Å²) in [5, 5.41) is 0.688. The van der Waals surface area contributed by atoms with Gasteiger partial charge < -0.3 is 9.30 Å². The van der Waals surface area contributed by atoms with Crippen LogP contribution >= 0.6 is 0 Å². The van der Waals surface area contributed by atoms with Crippen LogP contribution in [0.1, 0.15) is 21.6 Å². The molecule has 0 aliphatic carbocycles. The number of nitrogens with zero attached hydrogens (tertiary/aromatic N) is 1. The molecule has 0 bridgehead atoms. The Morgan fingerprint density at radius 2 is 2.00 bits per heavy atom. The van der Waals surface area contributed by atoms with E-state index in [1.807, 2.05) is 29.7 Å². The van der Waals surface area contributed by atoms with E-state index in [9.17, 15) is 9.18 Å². The summed E-state index contributed by atoms with van der Waals surface area (Å²) < 4.78 is 20.1. The second-order valence-electron chi connectivity index (χ2n) is 5.30. The number of ether oxygens (including phenoxy) is 1. The van der Waals surface area contributed by atoms with Crippen LogP contribution in [-0.2, 0) is 11.3 Å². The lowest BCUT2D eigenvalue weighted by molar-refractivity contribution is 0.0589. The molecule has 3 rings (SSSR count). The van der Waals surface area contributed by atoms with Crippen molar-refractivity contribution in [1.29, 1.82) is 0 Å². The zero-order valence-corrected chi connectivity index (χ0v) is 12.5. The average Bonchev–Trinajstić information content (AvgIpc) is 2.84. The topological polar surface area (TPSA) is 31.2 Å². The molecule has 0 fully saturated rings. The number of carbonyl (C=O) groups is 1. The van der Waals surface area contributed by atoms with Gasteiger partial charge in [-0.3, -0.25) is 0 Å². The van der Waals surface area contributed by atoms with Gasteiger partial charge in [0.05, 0.1) is 7.11 Å². The maximum absolute atomic E-state index is 13.4. The molecule has 3 aromatic rings. The number of methoxy groups -OCH3 is 1. The van der Waals surface area contributed by atoms with Crippen molar-refractivity contribution in [2.75, 3.05) is 7.11 Å². The molecule has 0 radical (unpaired) electrons. The molecule has 1 heterocycles. The zero-order valence-electron chi connectivity index (χ0n) is 12.5. The number of hydrogen-bond donors (Lipinski definition) is 0. The highest BCUT2D eigenvalue weighted by Gasteiger charge is 2.16. The first-order valence-corrected chi connectivity index (χ1v) is 7.01. The van der Waals surface area contributed by atoms with E-state index in [-0.39, 0.29) is 5.82 Å². The van der Waals surface area contributed by atoms with E-state index >= 15 is 0 Å². The van der Waals surface area contributed by atoms with Gasteiger partial charge in [-0.1, -0.05) is 29.8 Å². The fraction of sp³-hybridized carbons (Fsp3) is 0.167. The summed E-state index contributed by atoms with van der Waals surface area (Å²) in [4.78, 5) is 12.0. The first-order valence-electron chi connectivity index (χ1n) is 7.01. The predicted octanol–water partition coefficient (Wildman–Crippen LogP) is 3.92. The predicted molar refractivity (Wildman–Crippen MR) is 83.5 cm³/mol. The lowest BCUT2D eigenvalue weighted by Crippen LogP contribution is -2.11. The number of hydrogen-bond acceptors (Lipinski definition) is 2.